The van der Waals surface area contributed by atoms with E-state index in [4.69, 9.17) is 0 Å². The summed E-state index contributed by atoms with van der Waals surface area (Å²) in [6.45, 7) is 19.9. The molecule has 0 heterocycles. The molecule has 1 saturated carbocycles. The topological polar surface area (TPSA) is 74.6 Å². The van der Waals surface area contributed by atoms with Gasteiger partial charge in [-0.15, -0.1) is 0 Å². The summed E-state index contributed by atoms with van der Waals surface area (Å²) in [7, 11) is 0. The predicted octanol–water partition coefficient (Wildman–Crippen LogP) is 8.99. The fourth-order valence-electron chi connectivity index (χ4n) is 5.94. The summed E-state index contributed by atoms with van der Waals surface area (Å²) < 4.78 is 0. The Balaban J connectivity index is 1.91. The Morgan fingerprint density at radius 3 is 1.68 bits per heavy atom. The molecule has 0 saturated heterocycles. The predicted molar refractivity (Wildman–Crippen MR) is 185 cm³/mol. The maximum atomic E-state index is 12.9. The zero-order valence-corrected chi connectivity index (χ0v) is 28.6. The van der Waals surface area contributed by atoms with Crippen molar-refractivity contribution in [3.8, 4) is 0 Å². The van der Waals surface area contributed by atoms with E-state index in [1.54, 1.807) is 6.08 Å². The van der Waals surface area contributed by atoms with Crippen LogP contribution in [0.5, 0.6) is 0 Å². The van der Waals surface area contributed by atoms with E-state index in [1.165, 1.54) is 0 Å². The van der Waals surface area contributed by atoms with Gasteiger partial charge < -0.3 is 10.2 Å². The van der Waals surface area contributed by atoms with E-state index in [0.717, 1.165) is 33.4 Å². The number of aliphatic hydroxyl groups excluding tert-OH is 2. The molecule has 2 N–H and O–H groups in total. The molecule has 0 amide bonds. The van der Waals surface area contributed by atoms with Crippen LogP contribution in [0.4, 0.5) is 0 Å². The quantitative estimate of drug-likeness (QED) is 0.184. The Labute approximate surface area is 266 Å². The van der Waals surface area contributed by atoms with Crippen molar-refractivity contribution in [1.82, 2.24) is 0 Å². The van der Waals surface area contributed by atoms with Gasteiger partial charge in [-0.1, -0.05) is 128 Å². The van der Waals surface area contributed by atoms with Crippen LogP contribution in [0.2, 0.25) is 0 Å². The van der Waals surface area contributed by atoms with Gasteiger partial charge in [-0.3, -0.25) is 9.59 Å². The van der Waals surface area contributed by atoms with Crippen LogP contribution in [-0.2, 0) is 9.59 Å². The van der Waals surface area contributed by atoms with Crippen LogP contribution >= 0.6 is 0 Å². The van der Waals surface area contributed by atoms with Gasteiger partial charge in [-0.05, 0) is 78.4 Å². The van der Waals surface area contributed by atoms with Gasteiger partial charge in [0.2, 0.25) is 0 Å². The highest BCUT2D eigenvalue weighted by Gasteiger charge is 2.52. The lowest BCUT2D eigenvalue weighted by molar-refractivity contribution is -0.134. The first-order chi connectivity index (χ1) is 20.4. The molecule has 1 fully saturated rings. The van der Waals surface area contributed by atoms with Gasteiger partial charge in [0.25, 0.3) is 0 Å². The first kappa shape index (κ1) is 36.8. The van der Waals surface area contributed by atoms with Crippen molar-refractivity contribution >= 4 is 11.6 Å². The molecule has 44 heavy (non-hydrogen) atoms. The zero-order chi connectivity index (χ0) is 33.3. The number of hydrogen-bond donors (Lipinski definition) is 2. The second-order valence-corrected chi connectivity index (χ2v) is 14.0. The molecule has 4 nitrogen and oxygen atoms in total. The minimum Gasteiger partial charge on any atom is -0.393 e. The summed E-state index contributed by atoms with van der Waals surface area (Å²) in [6.07, 6.45) is 28.0. The van der Waals surface area contributed by atoms with Crippen molar-refractivity contribution in [1.29, 1.82) is 0 Å². The van der Waals surface area contributed by atoms with E-state index in [9.17, 15) is 19.8 Å². The summed E-state index contributed by atoms with van der Waals surface area (Å²) in [6, 6.07) is 0. The molecule has 0 unspecified atom stereocenters. The molecular formula is C40H54O4. The SMILES string of the molecule is CC1=C(/C=C/C(C)=C/C=C/C(C)=C/C=C/C=C(C)/C=C/C=C(C)/C=C/C(=O)[C@]2(C)C[C@@H](O)CC2(C)C)C(C)(C)C(=O)[C@H](O)C1. The highest BCUT2D eigenvalue weighted by atomic mass is 16.3. The van der Waals surface area contributed by atoms with Crippen LogP contribution in [0.25, 0.3) is 0 Å². The molecule has 2 aliphatic rings. The van der Waals surface area contributed by atoms with Crippen LogP contribution < -0.4 is 0 Å². The number of Topliss-reactive ketones (excluding diaryl/α,β-unsaturated/α-hetero) is 1. The van der Waals surface area contributed by atoms with Crippen LogP contribution in [0, 0.1) is 16.2 Å². The molecule has 0 spiro atoms. The maximum absolute atomic E-state index is 12.9. The molecule has 2 rings (SSSR count). The Hall–Kier alpha value is -3.34. The van der Waals surface area contributed by atoms with Crippen molar-refractivity contribution < 1.29 is 19.8 Å². The van der Waals surface area contributed by atoms with Gasteiger partial charge in [0.15, 0.2) is 11.6 Å². The monoisotopic (exact) mass is 598 g/mol. The summed E-state index contributed by atoms with van der Waals surface area (Å²) in [5, 5.41) is 20.1. The maximum Gasteiger partial charge on any atom is 0.171 e. The average molecular weight is 599 g/mol. The van der Waals surface area contributed by atoms with Crippen LogP contribution in [-0.4, -0.2) is 34.0 Å². The fraction of sp³-hybridized carbons (Fsp3) is 0.450. The van der Waals surface area contributed by atoms with Gasteiger partial charge in [-0.25, -0.2) is 0 Å². The molecular weight excluding hydrogens is 544 g/mol. The second kappa shape index (κ2) is 15.6. The Morgan fingerprint density at radius 2 is 1.18 bits per heavy atom. The molecule has 2 aliphatic carbocycles. The summed E-state index contributed by atoms with van der Waals surface area (Å²) in [5.74, 6) is -0.0460. The Morgan fingerprint density at radius 1 is 0.705 bits per heavy atom. The second-order valence-electron chi connectivity index (χ2n) is 14.0. The van der Waals surface area contributed by atoms with Crippen molar-refractivity contribution in [2.75, 3.05) is 0 Å². The normalized spacial score (nSPS) is 27.4. The molecule has 0 aliphatic heterocycles. The van der Waals surface area contributed by atoms with Gasteiger partial charge in [-0.2, -0.15) is 0 Å². The van der Waals surface area contributed by atoms with Crippen molar-refractivity contribution in [3.05, 3.63) is 119 Å². The van der Waals surface area contributed by atoms with Gasteiger partial charge >= 0.3 is 0 Å². The van der Waals surface area contributed by atoms with E-state index in [-0.39, 0.29) is 17.0 Å². The highest BCUT2D eigenvalue weighted by Crippen LogP contribution is 2.53. The molecule has 0 bridgehead atoms. The Bertz CT molecular complexity index is 1390. The van der Waals surface area contributed by atoms with Gasteiger partial charge in [0.05, 0.1) is 11.5 Å². The molecule has 238 valence electrons. The standard InChI is InChI=1S/C40H54O4/c1-28(17-13-19-30(3)21-23-34-32(5)25-35(42)37(44)39(34,8)9)15-11-12-16-29(2)18-14-20-31(4)22-24-36(43)40(10)27-33(41)26-38(40,6)7/h11-24,33,35,41-42H,25-27H2,1-10H3/b12-11+,17-13+,18-14+,23-21+,24-22+,28-15+,29-16+,30-19+,31-20+/t33-,35+,40-/m0/s1. The largest absolute Gasteiger partial charge is 0.393 e. The van der Waals surface area contributed by atoms with Crippen LogP contribution in [0.3, 0.4) is 0 Å². The molecule has 4 heteroatoms. The van der Waals surface area contributed by atoms with E-state index in [0.29, 0.717) is 19.3 Å². The van der Waals surface area contributed by atoms with Crippen molar-refractivity contribution in [2.24, 2.45) is 16.2 Å². The number of rotatable bonds is 11. The number of allylic oxidation sites excluding steroid dienone is 19. The minimum atomic E-state index is -0.907. The molecule has 0 radical (unpaired) electrons. The lowest BCUT2D eigenvalue weighted by atomic mass is 9.66. The Kier molecular flexibility index (Phi) is 13.1. The molecule has 0 aromatic carbocycles. The lowest BCUT2D eigenvalue weighted by Gasteiger charge is -2.35. The summed E-state index contributed by atoms with van der Waals surface area (Å²) in [4.78, 5) is 25.4. The summed E-state index contributed by atoms with van der Waals surface area (Å²) >= 11 is 0. The van der Waals surface area contributed by atoms with Gasteiger partial charge in [0, 0.05) is 11.8 Å². The van der Waals surface area contributed by atoms with E-state index < -0.39 is 23.0 Å². The van der Waals surface area contributed by atoms with E-state index >= 15 is 0 Å². The first-order valence-electron chi connectivity index (χ1n) is 15.6. The average Bonchev–Trinajstić information content (AvgIpc) is 3.14. The van der Waals surface area contributed by atoms with Crippen LogP contribution in [0.1, 0.15) is 88.5 Å². The van der Waals surface area contributed by atoms with Crippen molar-refractivity contribution in [3.63, 3.8) is 0 Å². The van der Waals surface area contributed by atoms with Crippen LogP contribution in [0.15, 0.2) is 119 Å². The molecule has 0 aromatic rings. The number of ketones is 2. The molecule has 0 aromatic heterocycles. The zero-order valence-electron chi connectivity index (χ0n) is 28.6. The number of carbonyl (C=O) groups is 2. The third-order valence-electron chi connectivity index (χ3n) is 9.25. The van der Waals surface area contributed by atoms with Crippen molar-refractivity contribution in [2.45, 2.75) is 101 Å². The molecule has 3 atom stereocenters. The number of hydrogen-bond acceptors (Lipinski definition) is 4. The smallest absolute Gasteiger partial charge is 0.171 e. The van der Waals surface area contributed by atoms with E-state index in [2.05, 4.69) is 26.0 Å². The first-order valence-corrected chi connectivity index (χ1v) is 15.6. The third-order valence-corrected chi connectivity index (χ3v) is 9.25. The van der Waals surface area contributed by atoms with E-state index in [1.807, 2.05) is 122 Å². The third kappa shape index (κ3) is 9.84. The lowest BCUT2D eigenvalue weighted by Crippen LogP contribution is -2.40. The highest BCUT2D eigenvalue weighted by molar-refractivity contribution is 5.96. The summed E-state index contributed by atoms with van der Waals surface area (Å²) in [5.41, 5.74) is 4.87. The number of carbonyl (C=O) groups excluding carboxylic acids is 2. The fourth-order valence-corrected chi connectivity index (χ4v) is 5.94. The minimum absolute atomic E-state index is 0.0749. The number of aliphatic hydroxyl groups is 2. The van der Waals surface area contributed by atoms with Gasteiger partial charge in [0.1, 0.15) is 6.10 Å².